The predicted molar refractivity (Wildman–Crippen MR) is 75.0 cm³/mol. The normalized spacial score (nSPS) is 11.2. The fourth-order valence-corrected chi connectivity index (χ4v) is 2.03. The zero-order valence-corrected chi connectivity index (χ0v) is 12.1. The number of benzene rings is 1. The van der Waals surface area contributed by atoms with Gasteiger partial charge in [-0.1, -0.05) is 19.1 Å². The fourth-order valence-electron chi connectivity index (χ4n) is 1.15. The molecule has 0 aliphatic carbocycles. The first kappa shape index (κ1) is 13.5. The average Bonchev–Trinajstić information content (AvgIpc) is 2.16. The van der Waals surface area contributed by atoms with Gasteiger partial charge >= 0.3 is 0 Å². The predicted octanol–water partition coefficient (Wildman–Crippen LogP) is 3.65. The third-order valence-corrected chi connectivity index (χ3v) is 3.33. The lowest BCUT2D eigenvalue weighted by molar-refractivity contribution is 0.105. The van der Waals surface area contributed by atoms with Crippen LogP contribution in [0.15, 0.2) is 22.7 Å². The molecular formula is C12H16BrNOS. The summed E-state index contributed by atoms with van der Waals surface area (Å²) in [6, 6.07) is 5.65. The Morgan fingerprint density at radius 1 is 1.50 bits per heavy atom. The zero-order valence-electron chi connectivity index (χ0n) is 9.71. The fraction of sp³-hybridized carbons (Fsp3) is 0.417. The van der Waals surface area contributed by atoms with Crippen LogP contribution in [-0.4, -0.2) is 10.6 Å². The molecule has 0 amide bonds. The van der Waals surface area contributed by atoms with Crippen LogP contribution in [0.25, 0.3) is 0 Å². The number of rotatable bonds is 4. The van der Waals surface area contributed by atoms with E-state index in [0.29, 0.717) is 4.99 Å². The summed E-state index contributed by atoms with van der Waals surface area (Å²) in [5, 5.41) is 0. The molecule has 0 unspecified atom stereocenters. The summed E-state index contributed by atoms with van der Waals surface area (Å²) in [6.07, 6.45) is 0.946. The summed E-state index contributed by atoms with van der Waals surface area (Å²) in [5.41, 5.74) is 6.25. The molecule has 88 valence electrons. The van der Waals surface area contributed by atoms with Crippen LogP contribution in [-0.2, 0) is 0 Å². The van der Waals surface area contributed by atoms with Gasteiger partial charge in [0.15, 0.2) is 0 Å². The number of nitrogens with two attached hydrogens (primary N) is 1. The van der Waals surface area contributed by atoms with E-state index in [-0.39, 0.29) is 5.60 Å². The van der Waals surface area contributed by atoms with Gasteiger partial charge in [-0.3, -0.25) is 0 Å². The molecule has 0 bridgehead atoms. The van der Waals surface area contributed by atoms with Crippen molar-refractivity contribution < 1.29 is 4.74 Å². The van der Waals surface area contributed by atoms with E-state index in [2.05, 4.69) is 36.7 Å². The van der Waals surface area contributed by atoms with Gasteiger partial charge in [-0.2, -0.15) is 0 Å². The minimum absolute atomic E-state index is 0.163. The maximum atomic E-state index is 5.85. The zero-order chi connectivity index (χ0) is 12.3. The summed E-state index contributed by atoms with van der Waals surface area (Å²) in [4.78, 5) is 0.383. The van der Waals surface area contributed by atoms with E-state index in [4.69, 9.17) is 22.7 Å². The molecule has 0 spiro atoms. The van der Waals surface area contributed by atoms with Gasteiger partial charge in [0.2, 0.25) is 0 Å². The van der Waals surface area contributed by atoms with Gasteiger partial charge in [-0.25, -0.2) is 0 Å². The monoisotopic (exact) mass is 301 g/mol. The van der Waals surface area contributed by atoms with Gasteiger partial charge in [-0.15, -0.1) is 0 Å². The first-order chi connectivity index (χ1) is 7.35. The minimum atomic E-state index is -0.163. The Morgan fingerprint density at radius 3 is 2.56 bits per heavy atom. The lowest BCUT2D eigenvalue weighted by atomic mass is 10.1. The highest BCUT2D eigenvalue weighted by molar-refractivity contribution is 9.10. The van der Waals surface area contributed by atoms with Crippen molar-refractivity contribution in [2.45, 2.75) is 32.8 Å². The van der Waals surface area contributed by atoms with E-state index >= 15 is 0 Å². The Balaban J connectivity index is 2.94. The van der Waals surface area contributed by atoms with Gasteiger partial charge in [-0.05, 0) is 54.4 Å². The third-order valence-electron chi connectivity index (χ3n) is 2.45. The minimum Gasteiger partial charge on any atom is -0.488 e. The van der Waals surface area contributed by atoms with Crippen LogP contribution in [0.2, 0.25) is 0 Å². The van der Waals surface area contributed by atoms with Crippen molar-refractivity contribution in [1.82, 2.24) is 0 Å². The van der Waals surface area contributed by atoms with E-state index in [1.54, 1.807) is 0 Å². The van der Waals surface area contributed by atoms with Gasteiger partial charge in [0.25, 0.3) is 0 Å². The van der Waals surface area contributed by atoms with E-state index in [9.17, 15) is 0 Å². The molecule has 0 heterocycles. The van der Waals surface area contributed by atoms with Crippen LogP contribution in [0.3, 0.4) is 0 Å². The Morgan fingerprint density at radius 2 is 2.12 bits per heavy atom. The summed E-state index contributed by atoms with van der Waals surface area (Å²) >= 11 is 8.36. The Kier molecular flexibility index (Phi) is 4.33. The van der Waals surface area contributed by atoms with E-state index < -0.39 is 0 Å². The van der Waals surface area contributed by atoms with E-state index in [1.165, 1.54) is 0 Å². The molecule has 1 aromatic rings. The number of thiocarbonyl (C=S) groups is 1. The van der Waals surface area contributed by atoms with E-state index in [0.717, 1.165) is 22.2 Å². The molecule has 16 heavy (non-hydrogen) atoms. The number of hydrogen-bond donors (Lipinski definition) is 1. The first-order valence-electron chi connectivity index (χ1n) is 5.14. The molecule has 0 fully saturated rings. The maximum Gasteiger partial charge on any atom is 0.121 e. The molecule has 1 aromatic carbocycles. The molecular weight excluding hydrogens is 286 g/mol. The highest BCUT2D eigenvalue weighted by Crippen LogP contribution is 2.26. The van der Waals surface area contributed by atoms with Gasteiger partial charge in [0, 0.05) is 10.0 Å². The average molecular weight is 302 g/mol. The van der Waals surface area contributed by atoms with Crippen LogP contribution < -0.4 is 10.5 Å². The molecule has 0 aliphatic heterocycles. The second kappa shape index (κ2) is 5.15. The molecule has 0 aliphatic rings. The van der Waals surface area contributed by atoms with Crippen molar-refractivity contribution in [3.8, 4) is 5.75 Å². The maximum absolute atomic E-state index is 5.85. The number of ether oxygens (including phenoxy) is 1. The summed E-state index contributed by atoms with van der Waals surface area (Å²) in [6.45, 7) is 6.21. The molecule has 0 atom stereocenters. The van der Waals surface area contributed by atoms with Crippen LogP contribution >= 0.6 is 28.1 Å². The second-order valence-corrected chi connectivity index (χ2v) is 5.52. The lowest BCUT2D eigenvalue weighted by Crippen LogP contribution is -2.26. The standard InChI is InChI=1S/C12H16BrNOS/c1-4-12(2,3)15-8-5-6-9(11(14)16)10(13)7-8/h5-7H,4H2,1-3H3,(H2,14,16). The van der Waals surface area contributed by atoms with Crippen molar-refractivity contribution in [2.75, 3.05) is 0 Å². The van der Waals surface area contributed by atoms with Gasteiger partial charge in [0.1, 0.15) is 16.3 Å². The molecule has 2 nitrogen and oxygen atoms in total. The Labute approximate surface area is 110 Å². The lowest BCUT2D eigenvalue weighted by Gasteiger charge is -2.25. The Bertz CT molecular complexity index is 404. The number of halogens is 1. The molecule has 4 heteroatoms. The molecule has 0 saturated carbocycles. The smallest absolute Gasteiger partial charge is 0.121 e. The molecule has 0 radical (unpaired) electrons. The second-order valence-electron chi connectivity index (χ2n) is 4.22. The van der Waals surface area contributed by atoms with Gasteiger partial charge in [0.05, 0.1) is 0 Å². The largest absolute Gasteiger partial charge is 0.488 e. The van der Waals surface area contributed by atoms with Crippen LogP contribution in [0.5, 0.6) is 5.75 Å². The van der Waals surface area contributed by atoms with Crippen molar-refractivity contribution in [1.29, 1.82) is 0 Å². The SMILES string of the molecule is CCC(C)(C)Oc1ccc(C(N)=S)c(Br)c1. The summed E-state index contributed by atoms with van der Waals surface area (Å²) in [7, 11) is 0. The van der Waals surface area contributed by atoms with Crippen LogP contribution in [0, 0.1) is 0 Å². The third kappa shape index (κ3) is 3.46. The van der Waals surface area contributed by atoms with E-state index in [1.807, 2.05) is 18.2 Å². The summed E-state index contributed by atoms with van der Waals surface area (Å²) in [5.74, 6) is 0.818. The van der Waals surface area contributed by atoms with Crippen molar-refractivity contribution in [3.63, 3.8) is 0 Å². The Hall–Kier alpha value is -0.610. The van der Waals surface area contributed by atoms with Crippen LogP contribution in [0.1, 0.15) is 32.8 Å². The molecule has 0 aromatic heterocycles. The molecule has 1 rings (SSSR count). The topological polar surface area (TPSA) is 35.2 Å². The highest BCUT2D eigenvalue weighted by atomic mass is 79.9. The van der Waals surface area contributed by atoms with Crippen molar-refractivity contribution in [3.05, 3.63) is 28.2 Å². The molecule has 2 N–H and O–H groups in total. The van der Waals surface area contributed by atoms with Crippen molar-refractivity contribution >= 4 is 33.1 Å². The van der Waals surface area contributed by atoms with Crippen LogP contribution in [0.4, 0.5) is 0 Å². The quantitative estimate of drug-likeness (QED) is 0.862. The highest BCUT2D eigenvalue weighted by Gasteiger charge is 2.17. The van der Waals surface area contributed by atoms with Gasteiger partial charge < -0.3 is 10.5 Å². The molecule has 0 saturated heterocycles. The van der Waals surface area contributed by atoms with Crippen molar-refractivity contribution in [2.24, 2.45) is 5.73 Å². The first-order valence-corrected chi connectivity index (χ1v) is 6.34. The number of hydrogen-bond acceptors (Lipinski definition) is 2. The summed E-state index contributed by atoms with van der Waals surface area (Å²) < 4.78 is 6.72.